The highest BCUT2D eigenvalue weighted by Crippen LogP contribution is 2.41. The predicted molar refractivity (Wildman–Crippen MR) is 82.5 cm³/mol. The molecule has 1 aliphatic carbocycles. The van der Waals surface area contributed by atoms with Crippen LogP contribution < -0.4 is 0 Å². The van der Waals surface area contributed by atoms with Gasteiger partial charge in [-0.05, 0) is 47.0 Å². The van der Waals surface area contributed by atoms with Crippen LogP contribution in [0.15, 0.2) is 32.0 Å². The van der Waals surface area contributed by atoms with Gasteiger partial charge in [0.05, 0.1) is 4.90 Å². The van der Waals surface area contributed by atoms with Crippen molar-refractivity contribution in [3.63, 3.8) is 0 Å². The Morgan fingerprint density at radius 3 is 2.30 bits per heavy atom. The molecule has 1 aliphatic rings. The second-order valence-corrected chi connectivity index (χ2v) is 8.94. The Morgan fingerprint density at radius 2 is 1.75 bits per heavy atom. The summed E-state index contributed by atoms with van der Waals surface area (Å²) in [6, 6.07) is 4.77. The molecule has 0 aromatic heterocycles. The Balaban J connectivity index is 2.62. The second kappa shape index (κ2) is 5.77. The molecule has 0 aliphatic heterocycles. The summed E-state index contributed by atoms with van der Waals surface area (Å²) in [5.41, 5.74) is 0. The molecule has 7 heteroatoms. The molecular weight excluding hydrogens is 412 g/mol. The molecule has 0 radical (unpaired) electrons. The van der Waals surface area contributed by atoms with E-state index in [4.69, 9.17) is 0 Å². The number of carboxylic acids is 1. The van der Waals surface area contributed by atoms with Crippen molar-refractivity contribution in [1.29, 1.82) is 0 Å². The monoisotopic (exact) mass is 424 g/mol. The molecule has 1 N–H and O–H groups in total. The molecule has 0 unspecified atom stereocenters. The molecule has 110 valence electrons. The summed E-state index contributed by atoms with van der Waals surface area (Å²) < 4.78 is 25.1. The minimum absolute atomic E-state index is 0.0381. The van der Waals surface area contributed by atoms with Gasteiger partial charge in [-0.3, -0.25) is 4.79 Å². The lowest BCUT2D eigenvalue weighted by Crippen LogP contribution is -2.48. The van der Waals surface area contributed by atoms with Gasteiger partial charge in [-0.1, -0.05) is 35.2 Å². The molecule has 1 aromatic rings. The number of carboxylic acid groups (broad SMARTS) is 1. The van der Waals surface area contributed by atoms with E-state index < -0.39 is 20.6 Å². The van der Waals surface area contributed by atoms with Crippen LogP contribution in [0.4, 0.5) is 0 Å². The summed E-state index contributed by atoms with van der Waals surface area (Å²) in [6.45, 7) is 0. The molecule has 0 heterocycles. The van der Waals surface area contributed by atoms with Crippen LogP contribution in [-0.4, -0.2) is 24.2 Å². The van der Waals surface area contributed by atoms with Gasteiger partial charge < -0.3 is 5.11 Å². The Labute approximate surface area is 134 Å². The summed E-state index contributed by atoms with van der Waals surface area (Å²) in [7, 11) is -3.95. The first-order valence-electron chi connectivity index (χ1n) is 6.24. The summed E-state index contributed by atoms with van der Waals surface area (Å²) in [5.74, 6) is -1.25. The Morgan fingerprint density at radius 1 is 1.15 bits per heavy atom. The van der Waals surface area contributed by atoms with Gasteiger partial charge in [0.25, 0.3) is 0 Å². The highest BCUT2D eigenvalue weighted by atomic mass is 79.9. The zero-order valence-corrected chi connectivity index (χ0v) is 14.6. The lowest BCUT2D eigenvalue weighted by atomic mass is 9.88. The van der Waals surface area contributed by atoms with E-state index in [1.54, 1.807) is 12.1 Å². The van der Waals surface area contributed by atoms with Crippen molar-refractivity contribution in [2.75, 3.05) is 0 Å². The highest BCUT2D eigenvalue weighted by molar-refractivity contribution is 9.11. The average Bonchev–Trinajstić information content (AvgIpc) is 2.41. The first kappa shape index (κ1) is 16.0. The zero-order chi connectivity index (χ0) is 15.0. The SMILES string of the molecule is O=C(O)C1(S(=O)(=O)c2cc(Br)ccc2Br)CCCCC1. The van der Waals surface area contributed by atoms with Crippen LogP contribution in [0.2, 0.25) is 0 Å². The van der Waals surface area contributed by atoms with Crippen LogP contribution >= 0.6 is 31.9 Å². The van der Waals surface area contributed by atoms with E-state index in [1.165, 1.54) is 6.07 Å². The third-order valence-corrected chi connectivity index (χ3v) is 7.72. The molecule has 1 saturated carbocycles. The van der Waals surface area contributed by atoms with Crippen molar-refractivity contribution in [2.24, 2.45) is 0 Å². The Hall–Kier alpha value is -0.400. The first-order valence-corrected chi connectivity index (χ1v) is 9.31. The quantitative estimate of drug-likeness (QED) is 0.799. The maximum Gasteiger partial charge on any atom is 0.325 e. The number of benzene rings is 1. The van der Waals surface area contributed by atoms with E-state index in [0.717, 1.165) is 6.42 Å². The molecule has 0 saturated heterocycles. The molecule has 0 amide bonds. The van der Waals surface area contributed by atoms with Crippen molar-refractivity contribution in [3.05, 3.63) is 27.1 Å². The van der Waals surface area contributed by atoms with Crippen LogP contribution in [0.25, 0.3) is 0 Å². The fraction of sp³-hybridized carbons (Fsp3) is 0.462. The van der Waals surface area contributed by atoms with Crippen molar-refractivity contribution in [1.82, 2.24) is 0 Å². The third-order valence-electron chi connectivity index (χ3n) is 3.75. The van der Waals surface area contributed by atoms with Crippen molar-refractivity contribution in [2.45, 2.75) is 41.7 Å². The van der Waals surface area contributed by atoms with Crippen LogP contribution in [0.5, 0.6) is 0 Å². The third kappa shape index (κ3) is 2.55. The molecule has 1 fully saturated rings. The van der Waals surface area contributed by atoms with Crippen LogP contribution in [0.3, 0.4) is 0 Å². The van der Waals surface area contributed by atoms with E-state index in [9.17, 15) is 18.3 Å². The molecule has 20 heavy (non-hydrogen) atoms. The van der Waals surface area contributed by atoms with Gasteiger partial charge in [0, 0.05) is 8.95 Å². The van der Waals surface area contributed by atoms with Crippen molar-refractivity contribution < 1.29 is 18.3 Å². The molecule has 2 rings (SSSR count). The van der Waals surface area contributed by atoms with Crippen LogP contribution in [0, 0.1) is 0 Å². The number of halogens is 2. The number of hydrogen-bond acceptors (Lipinski definition) is 3. The number of sulfone groups is 1. The van der Waals surface area contributed by atoms with E-state index in [1.807, 2.05) is 0 Å². The topological polar surface area (TPSA) is 71.4 Å². The lowest BCUT2D eigenvalue weighted by molar-refractivity contribution is -0.141. The second-order valence-electron chi connectivity index (χ2n) is 4.94. The van der Waals surface area contributed by atoms with Gasteiger partial charge in [0.15, 0.2) is 14.6 Å². The number of rotatable bonds is 3. The highest BCUT2D eigenvalue weighted by Gasteiger charge is 2.52. The van der Waals surface area contributed by atoms with Gasteiger partial charge in [0.2, 0.25) is 0 Å². The molecule has 0 atom stereocenters. The summed E-state index contributed by atoms with van der Waals surface area (Å²) in [4.78, 5) is 11.7. The van der Waals surface area contributed by atoms with Crippen molar-refractivity contribution >= 4 is 47.7 Å². The van der Waals surface area contributed by atoms with Crippen LogP contribution in [-0.2, 0) is 14.6 Å². The summed E-state index contributed by atoms with van der Waals surface area (Å²) in [6.07, 6.45) is 2.46. The molecule has 1 aromatic carbocycles. The van der Waals surface area contributed by atoms with E-state index >= 15 is 0 Å². The van der Waals surface area contributed by atoms with Gasteiger partial charge in [-0.15, -0.1) is 0 Å². The molecule has 4 nitrogen and oxygen atoms in total. The lowest BCUT2D eigenvalue weighted by Gasteiger charge is -2.32. The smallest absolute Gasteiger partial charge is 0.325 e. The number of aliphatic carboxylic acids is 1. The molecule has 0 spiro atoms. The first-order chi connectivity index (χ1) is 9.31. The van der Waals surface area contributed by atoms with Crippen LogP contribution in [0.1, 0.15) is 32.1 Å². The fourth-order valence-electron chi connectivity index (χ4n) is 2.61. The fourth-order valence-corrected chi connectivity index (χ4v) is 6.10. The minimum atomic E-state index is -3.95. The zero-order valence-electron chi connectivity index (χ0n) is 10.6. The normalized spacial score (nSPS) is 18.7. The molecule has 0 bridgehead atoms. The van der Waals surface area contributed by atoms with Gasteiger partial charge in [-0.25, -0.2) is 8.42 Å². The number of hydrogen-bond donors (Lipinski definition) is 1. The van der Waals surface area contributed by atoms with Gasteiger partial charge in [0.1, 0.15) is 0 Å². The van der Waals surface area contributed by atoms with Crippen molar-refractivity contribution in [3.8, 4) is 0 Å². The largest absolute Gasteiger partial charge is 0.480 e. The predicted octanol–water partition coefficient (Wildman–Crippen LogP) is 3.77. The maximum atomic E-state index is 12.9. The standard InChI is InChI=1S/C13H14Br2O4S/c14-9-4-5-10(15)11(8-9)20(18,19)13(12(16)17)6-2-1-3-7-13/h4-5,8H,1-3,6-7H2,(H,16,17). The average molecular weight is 426 g/mol. The molecular formula is C13H14Br2O4S. The summed E-state index contributed by atoms with van der Waals surface area (Å²) in [5, 5.41) is 9.54. The van der Waals surface area contributed by atoms with E-state index in [-0.39, 0.29) is 17.7 Å². The van der Waals surface area contributed by atoms with Gasteiger partial charge in [-0.2, -0.15) is 0 Å². The number of carbonyl (C=O) groups is 1. The Bertz CT molecular complexity index is 634. The minimum Gasteiger partial charge on any atom is -0.480 e. The maximum absolute atomic E-state index is 12.9. The summed E-state index contributed by atoms with van der Waals surface area (Å²) >= 11 is 6.45. The Kier molecular flexibility index (Phi) is 4.61. The van der Waals surface area contributed by atoms with E-state index in [0.29, 0.717) is 21.8 Å². The van der Waals surface area contributed by atoms with E-state index in [2.05, 4.69) is 31.9 Å². The van der Waals surface area contributed by atoms with Gasteiger partial charge >= 0.3 is 5.97 Å².